The van der Waals surface area contributed by atoms with E-state index in [4.69, 9.17) is 5.73 Å². The van der Waals surface area contributed by atoms with Crippen molar-refractivity contribution < 1.29 is 4.79 Å². The number of rotatable bonds is 5. The molecule has 0 bridgehead atoms. The molecule has 3 N–H and O–H groups in total. The van der Waals surface area contributed by atoms with E-state index in [1.165, 1.54) is 23.1 Å². The zero-order valence-corrected chi connectivity index (χ0v) is 12.6. The Morgan fingerprint density at radius 1 is 1.35 bits per heavy atom. The Morgan fingerprint density at radius 2 is 2.15 bits per heavy atom. The molecule has 1 aliphatic carbocycles. The molecule has 20 heavy (non-hydrogen) atoms. The normalized spacial score (nSPS) is 21.9. The number of nitrogens with two attached hydrogens (primary N) is 1. The van der Waals surface area contributed by atoms with Crippen molar-refractivity contribution >= 4 is 5.91 Å². The molecule has 2 atom stereocenters. The van der Waals surface area contributed by atoms with Crippen molar-refractivity contribution in [2.75, 3.05) is 6.54 Å². The Hall–Kier alpha value is -1.35. The Balaban J connectivity index is 1.73. The zero-order chi connectivity index (χ0) is 14.5. The number of nitrogens with one attached hydrogen (secondary N) is 1. The van der Waals surface area contributed by atoms with Crippen LogP contribution in [0, 0.1) is 19.8 Å². The summed E-state index contributed by atoms with van der Waals surface area (Å²) in [6, 6.07) is 6.69. The van der Waals surface area contributed by atoms with Crippen LogP contribution < -0.4 is 11.1 Å². The van der Waals surface area contributed by atoms with Gasteiger partial charge in [-0.2, -0.15) is 0 Å². The fourth-order valence-corrected chi connectivity index (χ4v) is 3.09. The van der Waals surface area contributed by atoms with E-state index in [0.29, 0.717) is 18.9 Å². The lowest BCUT2D eigenvalue weighted by atomic mass is 9.99. The molecule has 1 aromatic carbocycles. The molecular formula is C17H26N2O. The van der Waals surface area contributed by atoms with E-state index in [0.717, 1.165) is 19.3 Å². The molecule has 0 aliphatic heterocycles. The average Bonchev–Trinajstić information content (AvgIpc) is 2.78. The summed E-state index contributed by atoms with van der Waals surface area (Å²) in [5.74, 6) is 0.535. The summed E-state index contributed by atoms with van der Waals surface area (Å²) in [5.41, 5.74) is 9.90. The minimum Gasteiger partial charge on any atom is -0.356 e. The largest absolute Gasteiger partial charge is 0.356 e. The molecule has 0 saturated heterocycles. The van der Waals surface area contributed by atoms with Crippen LogP contribution in [0.5, 0.6) is 0 Å². The zero-order valence-electron chi connectivity index (χ0n) is 12.6. The van der Waals surface area contributed by atoms with Crippen molar-refractivity contribution in [1.82, 2.24) is 5.32 Å². The summed E-state index contributed by atoms with van der Waals surface area (Å²) in [5, 5.41) is 3.03. The lowest BCUT2D eigenvalue weighted by molar-refractivity contribution is -0.122. The van der Waals surface area contributed by atoms with Crippen molar-refractivity contribution in [2.24, 2.45) is 11.7 Å². The van der Waals surface area contributed by atoms with Crippen LogP contribution in [0.25, 0.3) is 0 Å². The van der Waals surface area contributed by atoms with Crippen LogP contribution in [-0.4, -0.2) is 18.5 Å². The van der Waals surface area contributed by atoms with Gasteiger partial charge in [-0.15, -0.1) is 0 Å². The molecule has 3 heteroatoms. The van der Waals surface area contributed by atoms with Gasteiger partial charge in [0.25, 0.3) is 0 Å². The summed E-state index contributed by atoms with van der Waals surface area (Å²) in [6.45, 7) is 4.94. The van der Waals surface area contributed by atoms with Crippen molar-refractivity contribution in [3.05, 3.63) is 34.9 Å². The Bertz CT molecular complexity index is 470. The van der Waals surface area contributed by atoms with Gasteiger partial charge in [-0.25, -0.2) is 0 Å². The highest BCUT2D eigenvalue weighted by molar-refractivity contribution is 5.76. The molecule has 0 radical (unpaired) electrons. The van der Waals surface area contributed by atoms with E-state index in [2.05, 4.69) is 37.4 Å². The molecule has 3 nitrogen and oxygen atoms in total. The van der Waals surface area contributed by atoms with E-state index >= 15 is 0 Å². The van der Waals surface area contributed by atoms with Crippen molar-refractivity contribution in [3.8, 4) is 0 Å². The van der Waals surface area contributed by atoms with E-state index in [1.54, 1.807) is 0 Å². The molecule has 1 aliphatic rings. The van der Waals surface area contributed by atoms with Gasteiger partial charge in [-0.05, 0) is 50.2 Å². The lowest BCUT2D eigenvalue weighted by Crippen LogP contribution is -2.32. The summed E-state index contributed by atoms with van der Waals surface area (Å²) < 4.78 is 0. The Kier molecular flexibility index (Phi) is 5.18. The summed E-state index contributed by atoms with van der Waals surface area (Å²) in [7, 11) is 0. The highest BCUT2D eigenvalue weighted by Crippen LogP contribution is 2.26. The van der Waals surface area contributed by atoms with Gasteiger partial charge in [-0.3, -0.25) is 4.79 Å². The van der Waals surface area contributed by atoms with Gasteiger partial charge in [0.1, 0.15) is 0 Å². The second kappa shape index (κ2) is 6.89. The number of carbonyl (C=O) groups excluding carboxylic acids is 1. The molecule has 0 spiro atoms. The van der Waals surface area contributed by atoms with E-state index in [1.807, 2.05) is 0 Å². The highest BCUT2D eigenvalue weighted by Gasteiger charge is 2.25. The van der Waals surface area contributed by atoms with Crippen molar-refractivity contribution in [3.63, 3.8) is 0 Å². The molecule has 1 saturated carbocycles. The standard InChI is InChI=1S/C17H26N2O/c1-12-6-7-14(13(2)10-12)8-9-19-17(20)11-15-4-3-5-16(15)18/h6-7,10,15-16H,3-5,8-9,11,18H2,1-2H3,(H,19,20)/t15-,16+/m0/s1. The quantitative estimate of drug-likeness (QED) is 0.866. The van der Waals surface area contributed by atoms with Crippen LogP contribution in [0.1, 0.15) is 42.4 Å². The number of amides is 1. The number of hydrogen-bond acceptors (Lipinski definition) is 2. The second-order valence-electron chi connectivity index (χ2n) is 6.09. The highest BCUT2D eigenvalue weighted by atomic mass is 16.1. The first-order valence-electron chi connectivity index (χ1n) is 7.64. The van der Waals surface area contributed by atoms with Gasteiger partial charge in [0.05, 0.1) is 0 Å². The summed E-state index contributed by atoms with van der Waals surface area (Å²) in [4.78, 5) is 11.9. The monoisotopic (exact) mass is 274 g/mol. The van der Waals surface area contributed by atoms with Gasteiger partial charge in [0, 0.05) is 19.0 Å². The number of carbonyl (C=O) groups is 1. The predicted molar refractivity (Wildman–Crippen MR) is 82.6 cm³/mol. The first-order valence-corrected chi connectivity index (χ1v) is 7.64. The minimum atomic E-state index is 0.150. The van der Waals surface area contributed by atoms with E-state index in [-0.39, 0.29) is 11.9 Å². The van der Waals surface area contributed by atoms with Crippen LogP contribution in [0.2, 0.25) is 0 Å². The predicted octanol–water partition coefficient (Wildman–Crippen LogP) is 2.48. The Labute approximate surface area is 121 Å². The first kappa shape index (κ1) is 15.0. The molecule has 0 unspecified atom stereocenters. The van der Waals surface area contributed by atoms with Crippen LogP contribution in [0.3, 0.4) is 0 Å². The molecule has 1 fully saturated rings. The lowest BCUT2D eigenvalue weighted by Gasteiger charge is -2.15. The van der Waals surface area contributed by atoms with Crippen LogP contribution in [0.15, 0.2) is 18.2 Å². The topological polar surface area (TPSA) is 55.1 Å². The van der Waals surface area contributed by atoms with Gasteiger partial charge in [-0.1, -0.05) is 30.2 Å². The SMILES string of the molecule is Cc1ccc(CCNC(=O)C[C@@H]2CCC[C@H]2N)c(C)c1. The smallest absolute Gasteiger partial charge is 0.220 e. The molecule has 1 aromatic rings. The average molecular weight is 274 g/mol. The third-order valence-corrected chi connectivity index (χ3v) is 4.38. The van der Waals surface area contributed by atoms with Crippen molar-refractivity contribution in [1.29, 1.82) is 0 Å². The molecule has 0 aromatic heterocycles. The second-order valence-corrected chi connectivity index (χ2v) is 6.09. The first-order chi connectivity index (χ1) is 9.56. The van der Waals surface area contributed by atoms with Crippen LogP contribution in [0.4, 0.5) is 0 Å². The minimum absolute atomic E-state index is 0.150. The molecular weight excluding hydrogens is 248 g/mol. The third-order valence-electron chi connectivity index (χ3n) is 4.38. The fourth-order valence-electron chi connectivity index (χ4n) is 3.09. The third kappa shape index (κ3) is 4.07. The van der Waals surface area contributed by atoms with Gasteiger partial charge in [0.2, 0.25) is 5.91 Å². The van der Waals surface area contributed by atoms with Crippen molar-refractivity contribution in [2.45, 2.75) is 52.0 Å². The summed E-state index contributed by atoms with van der Waals surface area (Å²) in [6.07, 6.45) is 4.83. The molecule has 1 amide bonds. The molecule has 0 heterocycles. The van der Waals surface area contributed by atoms with Gasteiger partial charge >= 0.3 is 0 Å². The summed E-state index contributed by atoms with van der Waals surface area (Å²) >= 11 is 0. The number of aryl methyl sites for hydroxylation is 2. The van der Waals surface area contributed by atoms with E-state index in [9.17, 15) is 4.79 Å². The number of hydrogen-bond donors (Lipinski definition) is 2. The number of benzene rings is 1. The van der Waals surface area contributed by atoms with E-state index < -0.39 is 0 Å². The fraction of sp³-hybridized carbons (Fsp3) is 0.588. The van der Waals surface area contributed by atoms with Gasteiger partial charge < -0.3 is 11.1 Å². The van der Waals surface area contributed by atoms with Crippen LogP contribution >= 0.6 is 0 Å². The maximum Gasteiger partial charge on any atom is 0.220 e. The maximum absolute atomic E-state index is 11.9. The van der Waals surface area contributed by atoms with Crippen LogP contribution in [-0.2, 0) is 11.2 Å². The van der Waals surface area contributed by atoms with Gasteiger partial charge in [0.15, 0.2) is 0 Å². The molecule has 110 valence electrons. The Morgan fingerprint density at radius 3 is 2.80 bits per heavy atom. The maximum atomic E-state index is 11.9. The molecule has 2 rings (SSSR count).